The van der Waals surface area contributed by atoms with Crippen LogP contribution < -0.4 is 0 Å². The molecule has 0 saturated heterocycles. The van der Waals surface area contributed by atoms with Crippen molar-refractivity contribution in [1.29, 1.82) is 0 Å². The lowest BCUT2D eigenvalue weighted by Crippen LogP contribution is -1.81. The number of carboxylic acid groups (broad SMARTS) is 4. The largest absolute Gasteiger partial charge is 0.503 e. The van der Waals surface area contributed by atoms with Gasteiger partial charge in [0, 0.05) is 13.2 Å². The zero-order valence-electron chi connectivity index (χ0n) is 9.33. The smallest absolute Gasteiger partial charge is 0.450 e. The van der Waals surface area contributed by atoms with Crippen molar-refractivity contribution in [2.45, 2.75) is 26.7 Å². The molecule has 8 nitrogen and oxygen atoms in total. The van der Waals surface area contributed by atoms with Crippen molar-refractivity contribution in [2.75, 3.05) is 13.2 Å². The molecule has 0 radical (unpaired) electrons. The van der Waals surface area contributed by atoms with Crippen LogP contribution in [0.5, 0.6) is 0 Å². The molecule has 0 saturated carbocycles. The highest BCUT2D eigenvalue weighted by Crippen LogP contribution is 1.61. The van der Waals surface area contributed by atoms with E-state index in [2.05, 4.69) is 0 Å². The third kappa shape index (κ3) is 7730. The van der Waals surface area contributed by atoms with E-state index in [0.717, 1.165) is 12.8 Å². The molecule has 0 spiro atoms. The maximum Gasteiger partial charge on any atom is 0.503 e. The Kier molecular flexibility index (Phi) is 43.7. The lowest BCUT2D eigenvalue weighted by atomic mass is 10.5. The minimum absolute atomic E-state index is 0.319. The monoisotopic (exact) mass is 244 g/mol. The van der Waals surface area contributed by atoms with Gasteiger partial charge in [-0.1, -0.05) is 13.8 Å². The third-order valence-corrected chi connectivity index (χ3v) is 0.447. The van der Waals surface area contributed by atoms with Crippen molar-refractivity contribution >= 4 is 12.3 Å². The highest BCUT2D eigenvalue weighted by atomic mass is 16.6. The molecule has 0 rings (SSSR count). The Morgan fingerprint density at radius 1 is 0.750 bits per heavy atom. The van der Waals surface area contributed by atoms with Gasteiger partial charge in [-0.2, -0.15) is 0 Å². The minimum Gasteiger partial charge on any atom is -0.450 e. The first-order valence-electron chi connectivity index (χ1n) is 4.35. The molecule has 0 unspecified atom stereocenters. The Hall–Kier alpha value is -1.54. The highest BCUT2D eigenvalue weighted by Gasteiger charge is 1.70. The Bertz CT molecular complexity index is 108. The van der Waals surface area contributed by atoms with E-state index >= 15 is 0 Å². The van der Waals surface area contributed by atoms with Gasteiger partial charge in [0.05, 0.1) is 0 Å². The fraction of sp³-hybridized carbons (Fsp3) is 0.750. The number of hydrogen-bond acceptors (Lipinski definition) is 4. The first-order valence-corrected chi connectivity index (χ1v) is 4.35. The molecule has 16 heavy (non-hydrogen) atoms. The van der Waals surface area contributed by atoms with Gasteiger partial charge in [0.1, 0.15) is 0 Å². The molecule has 6 N–H and O–H groups in total. The summed E-state index contributed by atoms with van der Waals surface area (Å²) >= 11 is 0. The van der Waals surface area contributed by atoms with Crippen molar-refractivity contribution in [1.82, 2.24) is 0 Å². The third-order valence-electron chi connectivity index (χ3n) is 0.447. The van der Waals surface area contributed by atoms with Crippen LogP contribution in [-0.2, 0) is 0 Å². The van der Waals surface area contributed by atoms with Gasteiger partial charge in [0.2, 0.25) is 0 Å². The highest BCUT2D eigenvalue weighted by molar-refractivity contribution is 5.53. The number of aliphatic hydroxyl groups excluding tert-OH is 2. The summed E-state index contributed by atoms with van der Waals surface area (Å²) in [6.07, 6.45) is -1.92. The second-order valence-electron chi connectivity index (χ2n) is 2.01. The molecule has 0 aromatic rings. The van der Waals surface area contributed by atoms with Crippen LogP contribution in [0.2, 0.25) is 0 Å². The molecule has 0 aromatic heterocycles. The molecule has 0 atom stereocenters. The molecule has 0 aromatic carbocycles. The minimum atomic E-state index is -1.83. The van der Waals surface area contributed by atoms with Crippen molar-refractivity contribution in [3.05, 3.63) is 0 Å². The summed E-state index contributed by atoms with van der Waals surface area (Å²) in [7, 11) is 0. The number of hydrogen-bond donors (Lipinski definition) is 6. The summed E-state index contributed by atoms with van der Waals surface area (Å²) in [6.45, 7) is 4.50. The maximum absolute atomic E-state index is 8.56. The predicted molar refractivity (Wildman–Crippen MR) is 56.1 cm³/mol. The Labute approximate surface area is 93.4 Å². The van der Waals surface area contributed by atoms with E-state index in [1.54, 1.807) is 0 Å². The van der Waals surface area contributed by atoms with Gasteiger partial charge in [-0.25, -0.2) is 9.59 Å². The standard InChI is InChI=1S/2C3H8O.2CH2O3/c2*1-2-3-4;2*2-1(3)4/h2*4H,2-3H2,1H3;2*(H2,2,3,4). The Morgan fingerprint density at radius 3 is 0.812 bits per heavy atom. The average molecular weight is 244 g/mol. The molecule has 0 heterocycles. The van der Waals surface area contributed by atoms with E-state index < -0.39 is 12.3 Å². The number of aliphatic hydroxyl groups is 2. The van der Waals surface area contributed by atoms with Crippen molar-refractivity contribution in [3.8, 4) is 0 Å². The van der Waals surface area contributed by atoms with E-state index in [0.29, 0.717) is 13.2 Å². The van der Waals surface area contributed by atoms with Crippen molar-refractivity contribution in [3.63, 3.8) is 0 Å². The van der Waals surface area contributed by atoms with Crippen LogP contribution in [0.15, 0.2) is 0 Å². The summed E-state index contributed by atoms with van der Waals surface area (Å²) < 4.78 is 0. The first kappa shape index (κ1) is 23.9. The number of carbonyl (C=O) groups is 2. The quantitative estimate of drug-likeness (QED) is 0.423. The molecule has 8 heteroatoms. The zero-order valence-corrected chi connectivity index (χ0v) is 9.33. The SMILES string of the molecule is CCCO.CCCO.O=C(O)O.O=C(O)O. The van der Waals surface area contributed by atoms with Crippen LogP contribution in [0.4, 0.5) is 9.59 Å². The van der Waals surface area contributed by atoms with Crippen molar-refractivity contribution in [2.24, 2.45) is 0 Å². The molecule has 0 aliphatic carbocycles. The van der Waals surface area contributed by atoms with Crippen LogP contribution in [0.1, 0.15) is 26.7 Å². The van der Waals surface area contributed by atoms with E-state index in [4.69, 9.17) is 40.2 Å². The summed E-state index contributed by atoms with van der Waals surface area (Å²) in [5, 5.41) is 43.6. The fourth-order valence-corrected chi connectivity index (χ4v) is 0. The van der Waals surface area contributed by atoms with Crippen molar-refractivity contribution < 1.29 is 40.2 Å². The molecule has 0 aliphatic rings. The summed E-state index contributed by atoms with van der Waals surface area (Å²) in [5.74, 6) is 0. The van der Waals surface area contributed by atoms with Gasteiger partial charge in [0.25, 0.3) is 0 Å². The van der Waals surface area contributed by atoms with E-state index in [1.807, 2.05) is 13.8 Å². The van der Waals surface area contributed by atoms with Crippen LogP contribution in [-0.4, -0.2) is 56.2 Å². The van der Waals surface area contributed by atoms with Gasteiger partial charge in [-0.3, -0.25) is 0 Å². The fourth-order valence-electron chi connectivity index (χ4n) is 0. The van der Waals surface area contributed by atoms with Gasteiger partial charge in [-0.15, -0.1) is 0 Å². The Morgan fingerprint density at radius 2 is 0.812 bits per heavy atom. The predicted octanol–water partition coefficient (Wildman–Crippen LogP) is 1.22. The van der Waals surface area contributed by atoms with Crippen LogP contribution in [0, 0.1) is 0 Å². The summed E-state index contributed by atoms with van der Waals surface area (Å²) in [4.78, 5) is 17.1. The van der Waals surface area contributed by atoms with Gasteiger partial charge in [0.15, 0.2) is 0 Å². The van der Waals surface area contributed by atoms with Gasteiger partial charge in [-0.05, 0) is 12.8 Å². The number of rotatable bonds is 2. The van der Waals surface area contributed by atoms with E-state index in [9.17, 15) is 0 Å². The first-order chi connectivity index (χ1) is 7.29. The molecular weight excluding hydrogens is 224 g/mol. The summed E-state index contributed by atoms with van der Waals surface area (Å²) in [6, 6.07) is 0. The van der Waals surface area contributed by atoms with Gasteiger partial charge >= 0.3 is 12.3 Å². The molecule has 100 valence electrons. The molecule has 0 aliphatic heterocycles. The van der Waals surface area contributed by atoms with E-state index in [-0.39, 0.29) is 0 Å². The average Bonchev–Trinajstić information content (AvgIpc) is 2.16. The molecular formula is C8H20O8. The van der Waals surface area contributed by atoms with Gasteiger partial charge < -0.3 is 30.6 Å². The topological polar surface area (TPSA) is 156 Å². The zero-order chi connectivity index (χ0) is 14.0. The Balaban J connectivity index is -0.0000000600. The second-order valence-corrected chi connectivity index (χ2v) is 2.01. The summed E-state index contributed by atoms with van der Waals surface area (Å²) in [5.41, 5.74) is 0. The maximum atomic E-state index is 8.56. The molecule has 0 amide bonds. The van der Waals surface area contributed by atoms with Crippen LogP contribution in [0.25, 0.3) is 0 Å². The second kappa shape index (κ2) is 29.2. The van der Waals surface area contributed by atoms with Crippen LogP contribution >= 0.6 is 0 Å². The van der Waals surface area contributed by atoms with E-state index in [1.165, 1.54) is 0 Å². The normalized spacial score (nSPS) is 6.75. The lowest BCUT2D eigenvalue weighted by Gasteiger charge is -1.69. The van der Waals surface area contributed by atoms with Crippen LogP contribution in [0.3, 0.4) is 0 Å². The molecule has 0 bridgehead atoms. The molecule has 0 fully saturated rings. The lowest BCUT2D eigenvalue weighted by molar-refractivity contribution is 0.135.